The van der Waals surface area contributed by atoms with Gasteiger partial charge >= 0.3 is 0 Å². The third-order valence-corrected chi connectivity index (χ3v) is 3.61. The summed E-state index contributed by atoms with van der Waals surface area (Å²) in [5, 5.41) is 2.35. The molecule has 0 saturated heterocycles. The van der Waals surface area contributed by atoms with Crippen LogP contribution in [0.1, 0.15) is 12.0 Å². The molecule has 0 heterocycles. The molecule has 0 radical (unpaired) electrons. The Kier molecular flexibility index (Phi) is 1.55. The van der Waals surface area contributed by atoms with Crippen molar-refractivity contribution in [3.8, 4) is 11.1 Å². The standard InChI is InChI=1S/C16H10O/c17-11-8-10-4-3-7-14-12-5-1-2-6-13(12)15(9-11)16(10)14/h1-8H,9H2. The summed E-state index contributed by atoms with van der Waals surface area (Å²) in [7, 11) is 0. The number of fused-ring (bicyclic) bond motifs is 3. The normalized spacial score (nSPS) is 15.3. The van der Waals surface area contributed by atoms with Crippen LogP contribution in [0.2, 0.25) is 0 Å². The number of carbonyl (C=O) groups excluding carboxylic acids is 1. The van der Waals surface area contributed by atoms with Gasteiger partial charge in [-0.05, 0) is 38.8 Å². The van der Waals surface area contributed by atoms with Crippen LogP contribution in [0.3, 0.4) is 0 Å². The van der Waals surface area contributed by atoms with Crippen molar-refractivity contribution in [2.24, 2.45) is 0 Å². The van der Waals surface area contributed by atoms with Crippen LogP contribution in [0.5, 0.6) is 0 Å². The third-order valence-electron chi connectivity index (χ3n) is 3.61. The predicted molar refractivity (Wildman–Crippen MR) is 67.7 cm³/mol. The first-order chi connectivity index (χ1) is 8.34. The largest absolute Gasteiger partial charge is 0.294 e. The van der Waals surface area contributed by atoms with Crippen molar-refractivity contribution < 1.29 is 4.79 Å². The molecule has 2 aromatic carbocycles. The molecule has 0 atom stereocenters. The minimum atomic E-state index is 0.210. The Balaban J connectivity index is 2.27. The molecule has 0 amide bonds. The molecule has 4 rings (SSSR count). The van der Waals surface area contributed by atoms with Crippen LogP contribution < -0.4 is 10.4 Å². The molecule has 0 aromatic heterocycles. The Hall–Kier alpha value is -2.15. The number of ketones is 1. The molecule has 80 valence electrons. The fraction of sp³-hybridized carbons (Fsp3) is 0.0625. The van der Waals surface area contributed by atoms with Gasteiger partial charge in [0, 0.05) is 6.42 Å². The lowest BCUT2D eigenvalue weighted by molar-refractivity contribution is -0.112. The molecular weight excluding hydrogens is 208 g/mol. The molecule has 17 heavy (non-hydrogen) atoms. The lowest BCUT2D eigenvalue weighted by Crippen LogP contribution is -2.31. The molecule has 2 aliphatic rings. The van der Waals surface area contributed by atoms with E-state index in [9.17, 15) is 4.79 Å². The molecule has 0 spiro atoms. The van der Waals surface area contributed by atoms with E-state index in [1.54, 1.807) is 6.08 Å². The van der Waals surface area contributed by atoms with Crippen LogP contribution in [0.15, 0.2) is 42.5 Å². The first-order valence-electron chi connectivity index (χ1n) is 5.81. The summed E-state index contributed by atoms with van der Waals surface area (Å²) in [4.78, 5) is 11.8. The van der Waals surface area contributed by atoms with Crippen molar-refractivity contribution >= 4 is 17.4 Å². The average Bonchev–Trinajstić information content (AvgIpc) is 2.67. The van der Waals surface area contributed by atoms with E-state index in [0.29, 0.717) is 6.42 Å². The number of hydrogen-bond donors (Lipinski definition) is 0. The second kappa shape index (κ2) is 2.95. The molecule has 2 aromatic rings. The van der Waals surface area contributed by atoms with Crippen LogP contribution in [0.4, 0.5) is 0 Å². The van der Waals surface area contributed by atoms with Crippen molar-refractivity contribution in [1.82, 2.24) is 0 Å². The monoisotopic (exact) mass is 218 g/mol. The van der Waals surface area contributed by atoms with Gasteiger partial charge < -0.3 is 0 Å². The molecule has 1 nitrogen and oxygen atoms in total. The molecule has 0 unspecified atom stereocenters. The molecule has 0 saturated carbocycles. The summed E-state index contributed by atoms with van der Waals surface area (Å²) >= 11 is 0. The topological polar surface area (TPSA) is 17.1 Å². The zero-order valence-corrected chi connectivity index (χ0v) is 9.23. The summed E-state index contributed by atoms with van der Waals surface area (Å²) in [6, 6.07) is 14.6. The maximum atomic E-state index is 11.8. The van der Waals surface area contributed by atoms with E-state index in [-0.39, 0.29) is 5.78 Å². The van der Waals surface area contributed by atoms with Crippen LogP contribution in [-0.2, 0) is 4.79 Å². The highest BCUT2D eigenvalue weighted by Crippen LogP contribution is 2.33. The number of rotatable bonds is 0. The quantitative estimate of drug-likeness (QED) is 0.656. The Labute approximate surface area is 98.7 Å². The molecule has 0 fully saturated rings. The van der Waals surface area contributed by atoms with E-state index in [4.69, 9.17) is 0 Å². The summed E-state index contributed by atoms with van der Waals surface area (Å²) in [6.45, 7) is 0. The van der Waals surface area contributed by atoms with Gasteiger partial charge in [0.1, 0.15) is 0 Å². The summed E-state index contributed by atoms with van der Waals surface area (Å²) in [5.41, 5.74) is 4.98. The number of carbonyl (C=O) groups is 1. The van der Waals surface area contributed by atoms with Gasteiger partial charge in [0.15, 0.2) is 5.78 Å². The van der Waals surface area contributed by atoms with Gasteiger partial charge in [0.25, 0.3) is 0 Å². The first kappa shape index (κ1) is 8.94. The molecule has 2 aliphatic carbocycles. The van der Waals surface area contributed by atoms with Crippen LogP contribution in [-0.4, -0.2) is 5.78 Å². The van der Waals surface area contributed by atoms with Crippen LogP contribution >= 0.6 is 0 Å². The average molecular weight is 218 g/mol. The lowest BCUT2D eigenvalue weighted by Gasteiger charge is -2.06. The third kappa shape index (κ3) is 1.06. The zero-order valence-electron chi connectivity index (χ0n) is 9.23. The zero-order chi connectivity index (χ0) is 11.4. The SMILES string of the molecule is O=C1C=c2cccc3c2=C(C1)c1ccccc1-3. The van der Waals surface area contributed by atoms with Crippen LogP contribution in [0, 0.1) is 0 Å². The van der Waals surface area contributed by atoms with E-state index in [1.165, 1.54) is 27.5 Å². The fourth-order valence-corrected chi connectivity index (χ4v) is 2.95. The van der Waals surface area contributed by atoms with Crippen molar-refractivity contribution in [1.29, 1.82) is 0 Å². The van der Waals surface area contributed by atoms with E-state index in [1.807, 2.05) is 18.2 Å². The Morgan fingerprint density at radius 1 is 0.824 bits per heavy atom. The molecule has 1 heteroatoms. The van der Waals surface area contributed by atoms with Gasteiger partial charge in [-0.3, -0.25) is 4.79 Å². The molecule has 0 aliphatic heterocycles. The van der Waals surface area contributed by atoms with Gasteiger partial charge in [-0.2, -0.15) is 0 Å². The highest BCUT2D eigenvalue weighted by atomic mass is 16.1. The molecular formula is C16H10O. The highest BCUT2D eigenvalue weighted by Gasteiger charge is 2.23. The van der Waals surface area contributed by atoms with Gasteiger partial charge in [0.05, 0.1) is 0 Å². The van der Waals surface area contributed by atoms with E-state index >= 15 is 0 Å². The maximum absolute atomic E-state index is 11.8. The van der Waals surface area contributed by atoms with E-state index in [2.05, 4.69) is 24.3 Å². The van der Waals surface area contributed by atoms with Crippen molar-refractivity contribution in [2.45, 2.75) is 6.42 Å². The number of Topliss-reactive ketones (excluding diaryl/α,β-unsaturated/α-hetero) is 1. The van der Waals surface area contributed by atoms with Gasteiger partial charge in [-0.25, -0.2) is 0 Å². The molecule has 0 N–H and O–H groups in total. The summed E-state index contributed by atoms with van der Waals surface area (Å²) in [6.07, 6.45) is 2.31. The highest BCUT2D eigenvalue weighted by molar-refractivity contribution is 6.14. The number of benzene rings is 2. The minimum absolute atomic E-state index is 0.210. The van der Waals surface area contributed by atoms with Gasteiger partial charge in [-0.15, -0.1) is 0 Å². The summed E-state index contributed by atoms with van der Waals surface area (Å²) < 4.78 is 0. The van der Waals surface area contributed by atoms with Gasteiger partial charge in [-0.1, -0.05) is 42.5 Å². The molecule has 0 bridgehead atoms. The van der Waals surface area contributed by atoms with Crippen molar-refractivity contribution in [3.05, 3.63) is 58.5 Å². The van der Waals surface area contributed by atoms with Crippen molar-refractivity contribution in [3.63, 3.8) is 0 Å². The Bertz CT molecular complexity index is 781. The smallest absolute Gasteiger partial charge is 0.160 e. The predicted octanol–water partition coefficient (Wildman–Crippen LogP) is 1.62. The second-order valence-corrected chi connectivity index (χ2v) is 4.58. The van der Waals surface area contributed by atoms with Gasteiger partial charge in [0.2, 0.25) is 0 Å². The maximum Gasteiger partial charge on any atom is 0.160 e. The minimum Gasteiger partial charge on any atom is -0.294 e. The Morgan fingerprint density at radius 3 is 2.47 bits per heavy atom. The van der Waals surface area contributed by atoms with E-state index < -0.39 is 0 Å². The van der Waals surface area contributed by atoms with Crippen LogP contribution in [0.25, 0.3) is 22.8 Å². The van der Waals surface area contributed by atoms with Crippen molar-refractivity contribution in [2.75, 3.05) is 0 Å². The fourth-order valence-electron chi connectivity index (χ4n) is 2.95. The Morgan fingerprint density at radius 2 is 1.59 bits per heavy atom. The van der Waals surface area contributed by atoms with E-state index in [0.717, 1.165) is 5.22 Å². The lowest BCUT2D eigenvalue weighted by atomic mass is 9.97. The second-order valence-electron chi connectivity index (χ2n) is 4.58. The summed E-state index contributed by atoms with van der Waals surface area (Å²) in [5.74, 6) is 0.210. The number of hydrogen-bond acceptors (Lipinski definition) is 1. The first-order valence-corrected chi connectivity index (χ1v) is 5.81.